The van der Waals surface area contributed by atoms with Gasteiger partial charge in [-0.15, -0.1) is 0 Å². The molecule has 0 aliphatic carbocycles. The van der Waals surface area contributed by atoms with E-state index in [1.165, 1.54) is 0 Å². The van der Waals surface area contributed by atoms with E-state index in [1.54, 1.807) is 12.5 Å². The van der Waals surface area contributed by atoms with E-state index >= 15 is 0 Å². The van der Waals surface area contributed by atoms with Gasteiger partial charge >= 0.3 is 0 Å². The lowest BCUT2D eigenvalue weighted by atomic mass is 10.1. The van der Waals surface area contributed by atoms with Gasteiger partial charge in [-0.25, -0.2) is 4.98 Å². The molecule has 0 spiro atoms. The smallest absolute Gasteiger partial charge is 0.0992 e. The van der Waals surface area contributed by atoms with Gasteiger partial charge in [-0.1, -0.05) is 27.7 Å². The molecule has 2 heterocycles. The van der Waals surface area contributed by atoms with E-state index in [0.29, 0.717) is 5.92 Å². The van der Waals surface area contributed by atoms with Crippen LogP contribution >= 0.6 is 0 Å². The zero-order valence-electron chi connectivity index (χ0n) is 10.4. The average molecular weight is 217 g/mol. The summed E-state index contributed by atoms with van der Waals surface area (Å²) in [6.07, 6.45) is 7.31. The predicted molar refractivity (Wildman–Crippen MR) is 66.8 cm³/mol. The Hall–Kier alpha value is -1.64. The maximum absolute atomic E-state index is 4.39. The van der Waals surface area contributed by atoms with Crippen molar-refractivity contribution in [3.05, 3.63) is 42.7 Å². The third kappa shape index (κ3) is 2.92. The van der Waals surface area contributed by atoms with Crippen molar-refractivity contribution in [1.82, 2.24) is 14.5 Å². The van der Waals surface area contributed by atoms with Gasteiger partial charge in [-0.2, -0.15) is 0 Å². The maximum Gasteiger partial charge on any atom is 0.0992 e. The van der Waals surface area contributed by atoms with Gasteiger partial charge < -0.3 is 4.57 Å². The highest BCUT2D eigenvalue weighted by atomic mass is 15.0. The quantitative estimate of drug-likeness (QED) is 0.771. The van der Waals surface area contributed by atoms with Crippen molar-refractivity contribution >= 4 is 0 Å². The number of imidazole rings is 1. The fourth-order valence-electron chi connectivity index (χ4n) is 1.30. The standard InChI is InChI=1S/C11H13N3.C2H6/c1-9(2)11-4-3-10(7-13-11)14-6-5-12-8-14;1-2/h3-9H,1-2H3;1-2H3. The summed E-state index contributed by atoms with van der Waals surface area (Å²) in [5, 5.41) is 0. The first kappa shape index (κ1) is 12.4. The molecule has 0 aliphatic rings. The summed E-state index contributed by atoms with van der Waals surface area (Å²) < 4.78 is 1.94. The van der Waals surface area contributed by atoms with Crippen LogP contribution in [0.25, 0.3) is 5.69 Å². The van der Waals surface area contributed by atoms with Crippen LogP contribution in [0.2, 0.25) is 0 Å². The van der Waals surface area contributed by atoms with Crippen molar-refractivity contribution in [2.75, 3.05) is 0 Å². The molecule has 0 aliphatic heterocycles. The van der Waals surface area contributed by atoms with Crippen molar-refractivity contribution in [2.24, 2.45) is 0 Å². The molecule has 0 radical (unpaired) electrons. The Kier molecular flexibility index (Phi) is 4.70. The molecule has 0 atom stereocenters. The van der Waals surface area contributed by atoms with E-state index < -0.39 is 0 Å². The number of hydrogen-bond donors (Lipinski definition) is 0. The third-order valence-corrected chi connectivity index (χ3v) is 2.16. The molecule has 0 saturated heterocycles. The van der Waals surface area contributed by atoms with Crippen molar-refractivity contribution in [2.45, 2.75) is 33.6 Å². The highest BCUT2D eigenvalue weighted by Crippen LogP contribution is 2.13. The van der Waals surface area contributed by atoms with Gasteiger partial charge in [0, 0.05) is 18.1 Å². The van der Waals surface area contributed by atoms with E-state index in [0.717, 1.165) is 11.4 Å². The summed E-state index contributed by atoms with van der Waals surface area (Å²) in [6, 6.07) is 4.12. The van der Waals surface area contributed by atoms with Crippen LogP contribution in [0.1, 0.15) is 39.3 Å². The Morgan fingerprint density at radius 3 is 2.38 bits per heavy atom. The van der Waals surface area contributed by atoms with Crippen LogP contribution in [0.15, 0.2) is 37.1 Å². The number of aromatic nitrogens is 3. The molecule has 2 aromatic rings. The highest BCUT2D eigenvalue weighted by Gasteiger charge is 2.00. The van der Waals surface area contributed by atoms with E-state index in [1.807, 2.05) is 30.8 Å². The number of rotatable bonds is 2. The van der Waals surface area contributed by atoms with Gasteiger partial charge in [0.15, 0.2) is 0 Å². The minimum atomic E-state index is 0.479. The second-order valence-electron chi connectivity index (χ2n) is 3.57. The molecule has 16 heavy (non-hydrogen) atoms. The molecule has 0 N–H and O–H groups in total. The lowest BCUT2D eigenvalue weighted by Gasteiger charge is -2.05. The Bertz CT molecular complexity index is 388. The molecule has 2 aromatic heterocycles. The minimum absolute atomic E-state index is 0.479. The predicted octanol–water partition coefficient (Wildman–Crippen LogP) is 3.42. The fourth-order valence-corrected chi connectivity index (χ4v) is 1.30. The summed E-state index contributed by atoms with van der Waals surface area (Å²) in [5.74, 6) is 0.479. The van der Waals surface area contributed by atoms with E-state index in [-0.39, 0.29) is 0 Å². The summed E-state index contributed by atoms with van der Waals surface area (Å²) in [7, 11) is 0. The van der Waals surface area contributed by atoms with Crippen LogP contribution in [0.3, 0.4) is 0 Å². The molecule has 0 aromatic carbocycles. The molecule has 0 unspecified atom stereocenters. The molecule has 0 saturated carbocycles. The Labute approximate surface area is 97.2 Å². The van der Waals surface area contributed by atoms with Crippen LogP contribution in [0.4, 0.5) is 0 Å². The zero-order chi connectivity index (χ0) is 12.0. The monoisotopic (exact) mass is 217 g/mol. The molecule has 2 rings (SSSR count). The molecular formula is C13H19N3. The lowest BCUT2D eigenvalue weighted by Crippen LogP contribution is -1.95. The van der Waals surface area contributed by atoms with Crippen molar-refractivity contribution in [3.8, 4) is 5.69 Å². The third-order valence-electron chi connectivity index (χ3n) is 2.16. The summed E-state index contributed by atoms with van der Waals surface area (Å²) >= 11 is 0. The Morgan fingerprint density at radius 1 is 1.19 bits per heavy atom. The van der Waals surface area contributed by atoms with Crippen molar-refractivity contribution in [3.63, 3.8) is 0 Å². The van der Waals surface area contributed by atoms with Gasteiger partial charge in [0.25, 0.3) is 0 Å². The number of hydrogen-bond acceptors (Lipinski definition) is 2. The Balaban J connectivity index is 0.000000606. The van der Waals surface area contributed by atoms with Crippen LogP contribution in [0, 0.1) is 0 Å². The lowest BCUT2D eigenvalue weighted by molar-refractivity contribution is 0.819. The first-order valence-electron chi connectivity index (χ1n) is 5.71. The summed E-state index contributed by atoms with van der Waals surface area (Å²) in [4.78, 5) is 8.38. The van der Waals surface area contributed by atoms with Crippen LogP contribution in [-0.2, 0) is 0 Å². The molecule has 0 amide bonds. The Morgan fingerprint density at radius 2 is 1.94 bits per heavy atom. The molecular weight excluding hydrogens is 198 g/mol. The van der Waals surface area contributed by atoms with Crippen molar-refractivity contribution < 1.29 is 0 Å². The first-order chi connectivity index (χ1) is 7.77. The molecule has 3 heteroatoms. The topological polar surface area (TPSA) is 30.7 Å². The zero-order valence-corrected chi connectivity index (χ0v) is 10.4. The minimum Gasteiger partial charge on any atom is -0.305 e. The number of nitrogens with zero attached hydrogens (tertiary/aromatic N) is 3. The molecule has 0 bridgehead atoms. The van der Waals surface area contributed by atoms with E-state index in [9.17, 15) is 0 Å². The van der Waals surface area contributed by atoms with Gasteiger partial charge in [0.1, 0.15) is 0 Å². The van der Waals surface area contributed by atoms with Gasteiger partial charge in [0.2, 0.25) is 0 Å². The molecule has 0 fully saturated rings. The second kappa shape index (κ2) is 6.05. The van der Waals surface area contributed by atoms with Gasteiger partial charge in [-0.3, -0.25) is 4.98 Å². The first-order valence-corrected chi connectivity index (χ1v) is 5.71. The van der Waals surface area contributed by atoms with Crippen LogP contribution in [-0.4, -0.2) is 14.5 Å². The second-order valence-corrected chi connectivity index (χ2v) is 3.57. The van der Waals surface area contributed by atoms with E-state index in [4.69, 9.17) is 0 Å². The molecule has 86 valence electrons. The SMILES string of the molecule is CC.CC(C)c1ccc(-n2ccnc2)cn1. The normalized spacial score (nSPS) is 9.81. The van der Waals surface area contributed by atoms with Gasteiger partial charge in [-0.05, 0) is 18.1 Å². The van der Waals surface area contributed by atoms with Gasteiger partial charge in [0.05, 0.1) is 18.2 Å². The van der Waals surface area contributed by atoms with Crippen LogP contribution in [0.5, 0.6) is 0 Å². The summed E-state index contributed by atoms with van der Waals surface area (Å²) in [5.41, 5.74) is 2.17. The highest BCUT2D eigenvalue weighted by molar-refractivity contribution is 5.29. The average Bonchev–Trinajstić information content (AvgIpc) is 2.85. The largest absolute Gasteiger partial charge is 0.305 e. The van der Waals surface area contributed by atoms with Crippen LogP contribution < -0.4 is 0 Å². The fraction of sp³-hybridized carbons (Fsp3) is 0.385. The molecule has 3 nitrogen and oxygen atoms in total. The van der Waals surface area contributed by atoms with E-state index in [2.05, 4.69) is 35.9 Å². The number of pyridine rings is 1. The van der Waals surface area contributed by atoms with Crippen molar-refractivity contribution in [1.29, 1.82) is 0 Å². The summed E-state index contributed by atoms with van der Waals surface area (Å²) in [6.45, 7) is 8.28. The maximum atomic E-state index is 4.39.